The molecule has 0 heterocycles. The summed E-state index contributed by atoms with van der Waals surface area (Å²) >= 11 is 0. The Morgan fingerprint density at radius 2 is 1.74 bits per heavy atom. The molecule has 6 nitrogen and oxygen atoms in total. The van der Waals surface area contributed by atoms with Crippen molar-refractivity contribution in [3.63, 3.8) is 0 Å². The van der Waals surface area contributed by atoms with Crippen LogP contribution in [0.5, 0.6) is 0 Å². The van der Waals surface area contributed by atoms with Crippen LogP contribution in [0.1, 0.15) is 29.3 Å². The number of hydrogen-bond donors (Lipinski definition) is 1. The lowest BCUT2D eigenvalue weighted by atomic mass is 10.1. The minimum Gasteiger partial charge on any atom is -0.325 e. The van der Waals surface area contributed by atoms with Crippen LogP contribution < -0.4 is 5.32 Å². The van der Waals surface area contributed by atoms with E-state index in [0.717, 1.165) is 12.0 Å². The monoisotopic (exact) mass is 312 g/mol. The standard InChI is InChI=1S/C17H16N2O4/c1-2-12-5-3-4-6-15(12)18-17(21)11-16(20)13-7-9-14(10-8-13)19(22)23/h3-10H,2,11H2,1H3,(H,18,21). The molecule has 0 aliphatic heterocycles. The van der Waals surface area contributed by atoms with Crippen molar-refractivity contribution in [1.29, 1.82) is 0 Å². The van der Waals surface area contributed by atoms with Crippen LogP contribution in [0.2, 0.25) is 0 Å². The van der Waals surface area contributed by atoms with Crippen molar-refractivity contribution in [2.24, 2.45) is 0 Å². The van der Waals surface area contributed by atoms with E-state index in [1.807, 2.05) is 25.1 Å². The van der Waals surface area contributed by atoms with Crippen molar-refractivity contribution in [1.82, 2.24) is 0 Å². The molecule has 1 N–H and O–H groups in total. The number of Topliss-reactive ketones (excluding diaryl/α,β-unsaturated/α-hetero) is 1. The first-order valence-corrected chi connectivity index (χ1v) is 7.16. The second-order valence-corrected chi connectivity index (χ2v) is 4.96. The summed E-state index contributed by atoms with van der Waals surface area (Å²) in [5.41, 5.74) is 1.86. The molecule has 0 aromatic heterocycles. The van der Waals surface area contributed by atoms with E-state index < -0.39 is 10.8 Å². The largest absolute Gasteiger partial charge is 0.325 e. The fourth-order valence-electron chi connectivity index (χ4n) is 2.16. The van der Waals surface area contributed by atoms with Gasteiger partial charge in [-0.05, 0) is 30.2 Å². The molecule has 0 saturated carbocycles. The Balaban J connectivity index is 2.02. The fraction of sp³-hybridized carbons (Fsp3) is 0.176. The Morgan fingerprint density at radius 1 is 1.09 bits per heavy atom. The van der Waals surface area contributed by atoms with Crippen LogP contribution >= 0.6 is 0 Å². The van der Waals surface area contributed by atoms with Crippen LogP contribution in [0.25, 0.3) is 0 Å². The third kappa shape index (κ3) is 4.23. The fourth-order valence-corrected chi connectivity index (χ4v) is 2.16. The molecule has 0 bridgehead atoms. The third-order valence-corrected chi connectivity index (χ3v) is 3.39. The number of aryl methyl sites for hydroxylation is 1. The number of ketones is 1. The maximum Gasteiger partial charge on any atom is 0.269 e. The molecule has 0 fully saturated rings. The minimum absolute atomic E-state index is 0.0946. The van der Waals surface area contributed by atoms with E-state index in [9.17, 15) is 19.7 Å². The highest BCUT2D eigenvalue weighted by Crippen LogP contribution is 2.17. The molecule has 0 radical (unpaired) electrons. The molecule has 2 aromatic rings. The molecule has 23 heavy (non-hydrogen) atoms. The molecule has 0 spiro atoms. The van der Waals surface area contributed by atoms with Crippen molar-refractivity contribution in [3.8, 4) is 0 Å². The summed E-state index contributed by atoms with van der Waals surface area (Å²) in [5.74, 6) is -0.791. The van der Waals surface area contributed by atoms with Gasteiger partial charge < -0.3 is 5.32 Å². The number of carbonyl (C=O) groups is 2. The number of nitrogens with one attached hydrogen (secondary N) is 1. The summed E-state index contributed by atoms with van der Waals surface area (Å²) in [5, 5.41) is 13.3. The van der Waals surface area contributed by atoms with Crippen molar-refractivity contribution < 1.29 is 14.5 Å². The number of nitrogens with zero attached hydrogens (tertiary/aromatic N) is 1. The number of carbonyl (C=O) groups excluding carboxylic acids is 2. The number of para-hydroxylation sites is 1. The SMILES string of the molecule is CCc1ccccc1NC(=O)CC(=O)c1ccc([N+](=O)[O-])cc1. The summed E-state index contributed by atoms with van der Waals surface area (Å²) in [6.45, 7) is 1.98. The molecule has 1 amide bonds. The predicted molar refractivity (Wildman–Crippen MR) is 86.5 cm³/mol. The Morgan fingerprint density at radius 3 is 2.35 bits per heavy atom. The summed E-state index contributed by atoms with van der Waals surface area (Å²) in [7, 11) is 0. The molecule has 6 heteroatoms. The first-order chi connectivity index (χ1) is 11.0. The van der Waals surface area contributed by atoms with E-state index in [4.69, 9.17) is 0 Å². The Hall–Kier alpha value is -3.02. The van der Waals surface area contributed by atoms with E-state index in [-0.39, 0.29) is 23.5 Å². The van der Waals surface area contributed by atoms with Gasteiger partial charge in [-0.1, -0.05) is 25.1 Å². The number of nitro benzene ring substituents is 1. The Bertz CT molecular complexity index is 739. The van der Waals surface area contributed by atoms with Gasteiger partial charge in [0.2, 0.25) is 5.91 Å². The molecular weight excluding hydrogens is 296 g/mol. The normalized spacial score (nSPS) is 10.1. The molecule has 0 atom stereocenters. The zero-order valence-corrected chi connectivity index (χ0v) is 12.6. The summed E-state index contributed by atoms with van der Waals surface area (Å²) < 4.78 is 0. The van der Waals surface area contributed by atoms with Gasteiger partial charge in [0.25, 0.3) is 5.69 Å². The molecule has 2 aromatic carbocycles. The van der Waals surface area contributed by atoms with Crippen LogP contribution in [0.15, 0.2) is 48.5 Å². The minimum atomic E-state index is -0.539. The molecule has 2 rings (SSSR count). The molecule has 0 aliphatic carbocycles. The number of nitro groups is 1. The van der Waals surface area contributed by atoms with Gasteiger partial charge in [-0.25, -0.2) is 0 Å². The second kappa shape index (κ2) is 7.31. The molecular formula is C17H16N2O4. The number of rotatable bonds is 6. The highest BCUT2D eigenvalue weighted by Gasteiger charge is 2.14. The van der Waals surface area contributed by atoms with Crippen molar-refractivity contribution >= 4 is 23.1 Å². The average Bonchev–Trinajstić information content (AvgIpc) is 2.55. The van der Waals surface area contributed by atoms with Gasteiger partial charge in [0.05, 0.1) is 11.3 Å². The van der Waals surface area contributed by atoms with Crippen molar-refractivity contribution in [2.75, 3.05) is 5.32 Å². The second-order valence-electron chi connectivity index (χ2n) is 4.96. The van der Waals surface area contributed by atoms with Crippen LogP contribution in [-0.4, -0.2) is 16.6 Å². The topological polar surface area (TPSA) is 89.3 Å². The summed E-state index contributed by atoms with van der Waals surface area (Å²) in [6, 6.07) is 12.6. The van der Waals surface area contributed by atoms with E-state index in [1.165, 1.54) is 24.3 Å². The molecule has 0 unspecified atom stereocenters. The predicted octanol–water partition coefficient (Wildman–Crippen LogP) is 3.37. The Kier molecular flexibility index (Phi) is 5.19. The van der Waals surface area contributed by atoms with Crippen LogP contribution in [0, 0.1) is 10.1 Å². The van der Waals surface area contributed by atoms with Gasteiger partial charge in [-0.15, -0.1) is 0 Å². The zero-order chi connectivity index (χ0) is 16.8. The van der Waals surface area contributed by atoms with Gasteiger partial charge in [-0.2, -0.15) is 0 Å². The number of benzene rings is 2. The van der Waals surface area contributed by atoms with E-state index >= 15 is 0 Å². The summed E-state index contributed by atoms with van der Waals surface area (Å²) in [6.07, 6.45) is 0.461. The number of hydrogen-bond acceptors (Lipinski definition) is 4. The smallest absolute Gasteiger partial charge is 0.269 e. The van der Waals surface area contributed by atoms with E-state index in [2.05, 4.69) is 5.32 Å². The quantitative estimate of drug-likeness (QED) is 0.383. The van der Waals surface area contributed by atoms with Gasteiger partial charge in [-0.3, -0.25) is 19.7 Å². The number of non-ortho nitro benzene ring substituents is 1. The average molecular weight is 312 g/mol. The first kappa shape index (κ1) is 16.4. The van der Waals surface area contributed by atoms with Gasteiger partial charge in [0.15, 0.2) is 5.78 Å². The maximum atomic E-state index is 12.1. The van der Waals surface area contributed by atoms with Crippen LogP contribution in [0.3, 0.4) is 0 Å². The summed E-state index contributed by atoms with van der Waals surface area (Å²) in [4.78, 5) is 34.1. The third-order valence-electron chi connectivity index (χ3n) is 3.39. The van der Waals surface area contributed by atoms with Gasteiger partial charge in [0.1, 0.15) is 0 Å². The number of amides is 1. The van der Waals surface area contributed by atoms with Crippen molar-refractivity contribution in [2.45, 2.75) is 19.8 Å². The molecule has 0 saturated heterocycles. The molecule has 118 valence electrons. The maximum absolute atomic E-state index is 12.1. The van der Waals surface area contributed by atoms with Gasteiger partial charge in [0, 0.05) is 23.4 Å². The van der Waals surface area contributed by atoms with Crippen molar-refractivity contribution in [3.05, 3.63) is 69.8 Å². The lowest BCUT2D eigenvalue weighted by molar-refractivity contribution is -0.384. The highest BCUT2D eigenvalue weighted by atomic mass is 16.6. The lowest BCUT2D eigenvalue weighted by Gasteiger charge is -2.09. The first-order valence-electron chi connectivity index (χ1n) is 7.16. The van der Waals surface area contributed by atoms with Crippen LogP contribution in [0.4, 0.5) is 11.4 Å². The van der Waals surface area contributed by atoms with E-state index in [0.29, 0.717) is 5.69 Å². The number of anilines is 1. The zero-order valence-electron chi connectivity index (χ0n) is 12.6. The van der Waals surface area contributed by atoms with E-state index in [1.54, 1.807) is 6.07 Å². The molecule has 0 aliphatic rings. The van der Waals surface area contributed by atoms with Gasteiger partial charge >= 0.3 is 0 Å². The Labute approximate surface area is 133 Å². The highest BCUT2D eigenvalue weighted by molar-refractivity contribution is 6.11. The lowest BCUT2D eigenvalue weighted by Crippen LogP contribution is -2.17. The van der Waals surface area contributed by atoms with Crippen LogP contribution in [-0.2, 0) is 11.2 Å².